The molecule has 6 heteroatoms. The molecule has 22 heavy (non-hydrogen) atoms. The third-order valence-corrected chi connectivity index (χ3v) is 4.99. The van der Waals surface area contributed by atoms with E-state index in [1.165, 1.54) is 7.11 Å². The van der Waals surface area contributed by atoms with Crippen molar-refractivity contribution in [1.29, 1.82) is 0 Å². The van der Waals surface area contributed by atoms with Crippen molar-refractivity contribution >= 4 is 5.97 Å². The molecule has 2 aliphatic heterocycles. The highest BCUT2D eigenvalue weighted by Gasteiger charge is 2.47. The minimum absolute atomic E-state index is 0.0557. The lowest BCUT2D eigenvalue weighted by molar-refractivity contribution is -0.186. The van der Waals surface area contributed by atoms with Crippen molar-refractivity contribution < 1.29 is 24.5 Å². The summed E-state index contributed by atoms with van der Waals surface area (Å²) in [6.45, 7) is 6.90. The highest BCUT2D eigenvalue weighted by Crippen LogP contribution is 2.30. The lowest BCUT2D eigenvalue weighted by Crippen LogP contribution is -2.54. The van der Waals surface area contributed by atoms with Crippen molar-refractivity contribution in [3.05, 3.63) is 11.6 Å². The summed E-state index contributed by atoms with van der Waals surface area (Å²) in [5, 5.41) is 20.7. The molecule has 4 atom stereocenters. The van der Waals surface area contributed by atoms with Gasteiger partial charge in [-0.25, -0.2) is 4.79 Å². The Labute approximate surface area is 131 Å². The molecule has 2 rings (SSSR count). The Kier molecular flexibility index (Phi) is 5.27. The van der Waals surface area contributed by atoms with Gasteiger partial charge in [-0.1, -0.05) is 19.9 Å². The fourth-order valence-electron chi connectivity index (χ4n) is 3.34. The number of esters is 1. The Morgan fingerprint density at radius 3 is 2.77 bits per heavy atom. The van der Waals surface area contributed by atoms with Crippen LogP contribution in [0, 0.1) is 5.92 Å². The fourth-order valence-corrected chi connectivity index (χ4v) is 3.34. The lowest BCUT2D eigenvalue weighted by Gasteiger charge is -2.34. The predicted molar refractivity (Wildman–Crippen MR) is 81.3 cm³/mol. The Morgan fingerprint density at radius 2 is 2.18 bits per heavy atom. The van der Waals surface area contributed by atoms with Crippen LogP contribution in [0.2, 0.25) is 0 Å². The van der Waals surface area contributed by atoms with Gasteiger partial charge in [-0.3, -0.25) is 4.90 Å². The summed E-state index contributed by atoms with van der Waals surface area (Å²) in [5.74, 6) is -1.01. The molecule has 0 aromatic heterocycles. The van der Waals surface area contributed by atoms with Crippen molar-refractivity contribution in [2.24, 2.45) is 5.92 Å². The summed E-state index contributed by atoms with van der Waals surface area (Å²) in [6.07, 6.45) is 1.67. The maximum Gasteiger partial charge on any atom is 0.341 e. The Morgan fingerprint density at radius 1 is 1.50 bits per heavy atom. The number of carbonyl (C=O) groups excluding carboxylic acids is 1. The molecular formula is C16H27NO5. The number of ether oxygens (including phenoxy) is 2. The molecule has 0 aromatic rings. The van der Waals surface area contributed by atoms with E-state index in [4.69, 9.17) is 9.47 Å². The van der Waals surface area contributed by atoms with Crippen LogP contribution in [0.15, 0.2) is 11.6 Å². The van der Waals surface area contributed by atoms with Gasteiger partial charge in [0.2, 0.25) is 0 Å². The molecule has 126 valence electrons. The molecular weight excluding hydrogens is 286 g/mol. The van der Waals surface area contributed by atoms with E-state index < -0.39 is 23.8 Å². The molecule has 6 nitrogen and oxygen atoms in total. The summed E-state index contributed by atoms with van der Waals surface area (Å²) in [7, 11) is 1.46. The van der Waals surface area contributed by atoms with Gasteiger partial charge in [0.05, 0.1) is 18.2 Å². The fraction of sp³-hybridized carbons (Fsp3) is 0.812. The molecule has 0 amide bonds. The van der Waals surface area contributed by atoms with Crippen LogP contribution < -0.4 is 0 Å². The first-order valence-corrected chi connectivity index (χ1v) is 7.85. The average molecular weight is 313 g/mol. The highest BCUT2D eigenvalue weighted by molar-refractivity contribution is 5.80. The van der Waals surface area contributed by atoms with E-state index >= 15 is 0 Å². The monoisotopic (exact) mass is 313 g/mol. The van der Waals surface area contributed by atoms with E-state index in [1.54, 1.807) is 20.8 Å². The molecule has 2 unspecified atom stereocenters. The molecule has 2 aliphatic rings. The SMILES string of the molecule is COC(C)C(O)(C(=O)OCC1=CCN2CC[C@@H](O)[C@H]12)C(C)C. The van der Waals surface area contributed by atoms with Crippen LogP contribution in [-0.4, -0.2) is 71.7 Å². The molecule has 2 heterocycles. The summed E-state index contributed by atoms with van der Waals surface area (Å²) in [4.78, 5) is 14.5. The number of aliphatic hydroxyl groups is 2. The van der Waals surface area contributed by atoms with E-state index in [0.29, 0.717) is 0 Å². The van der Waals surface area contributed by atoms with Crippen LogP contribution in [0.3, 0.4) is 0 Å². The van der Waals surface area contributed by atoms with Gasteiger partial charge in [-0.05, 0) is 24.8 Å². The summed E-state index contributed by atoms with van der Waals surface area (Å²) in [5.41, 5.74) is -0.767. The van der Waals surface area contributed by atoms with Gasteiger partial charge >= 0.3 is 5.97 Å². The Hall–Kier alpha value is -0.950. The zero-order valence-electron chi connectivity index (χ0n) is 13.8. The Balaban J connectivity index is 2.00. The zero-order chi connectivity index (χ0) is 16.5. The van der Waals surface area contributed by atoms with Gasteiger partial charge in [0.1, 0.15) is 6.61 Å². The number of nitrogens with zero attached hydrogens (tertiary/aromatic N) is 1. The van der Waals surface area contributed by atoms with Crippen molar-refractivity contribution in [2.45, 2.75) is 51.0 Å². The minimum atomic E-state index is -1.68. The maximum atomic E-state index is 12.4. The average Bonchev–Trinajstić information content (AvgIpc) is 3.06. The molecule has 0 radical (unpaired) electrons. The van der Waals surface area contributed by atoms with E-state index in [2.05, 4.69) is 4.90 Å². The maximum absolute atomic E-state index is 12.4. The van der Waals surface area contributed by atoms with Crippen molar-refractivity contribution in [3.8, 4) is 0 Å². The second-order valence-electron chi connectivity index (χ2n) is 6.51. The number of hydrogen-bond acceptors (Lipinski definition) is 6. The van der Waals surface area contributed by atoms with Crippen LogP contribution in [0.5, 0.6) is 0 Å². The number of methoxy groups -OCH3 is 1. The molecule has 1 fully saturated rings. The highest BCUT2D eigenvalue weighted by atomic mass is 16.6. The zero-order valence-corrected chi connectivity index (χ0v) is 13.8. The number of rotatable bonds is 6. The molecule has 0 saturated carbocycles. The van der Waals surface area contributed by atoms with Crippen LogP contribution in [0.1, 0.15) is 27.2 Å². The van der Waals surface area contributed by atoms with Crippen LogP contribution >= 0.6 is 0 Å². The second-order valence-corrected chi connectivity index (χ2v) is 6.51. The van der Waals surface area contributed by atoms with E-state index in [-0.39, 0.29) is 18.6 Å². The van der Waals surface area contributed by atoms with Gasteiger partial charge in [0.15, 0.2) is 5.60 Å². The molecule has 0 aliphatic carbocycles. The first kappa shape index (κ1) is 17.4. The third-order valence-electron chi connectivity index (χ3n) is 4.99. The molecule has 0 bridgehead atoms. The van der Waals surface area contributed by atoms with Crippen LogP contribution in [-0.2, 0) is 14.3 Å². The van der Waals surface area contributed by atoms with E-state index in [9.17, 15) is 15.0 Å². The van der Waals surface area contributed by atoms with Gasteiger partial charge < -0.3 is 19.7 Å². The van der Waals surface area contributed by atoms with Gasteiger partial charge in [-0.15, -0.1) is 0 Å². The third kappa shape index (κ3) is 2.93. The first-order valence-electron chi connectivity index (χ1n) is 7.85. The smallest absolute Gasteiger partial charge is 0.341 e. The van der Waals surface area contributed by atoms with E-state index in [0.717, 1.165) is 25.1 Å². The predicted octanol–water partition coefficient (Wildman–Crippen LogP) is 0.327. The van der Waals surface area contributed by atoms with Crippen LogP contribution in [0.25, 0.3) is 0 Å². The number of hydrogen-bond donors (Lipinski definition) is 2. The summed E-state index contributed by atoms with van der Waals surface area (Å²) in [6, 6.07) is -0.0557. The Bertz CT molecular complexity index is 450. The van der Waals surface area contributed by atoms with Crippen molar-refractivity contribution in [3.63, 3.8) is 0 Å². The van der Waals surface area contributed by atoms with Gasteiger partial charge in [0.25, 0.3) is 0 Å². The first-order chi connectivity index (χ1) is 10.3. The molecule has 0 aromatic carbocycles. The lowest BCUT2D eigenvalue weighted by atomic mass is 9.85. The van der Waals surface area contributed by atoms with Crippen molar-refractivity contribution in [2.75, 3.05) is 26.8 Å². The topological polar surface area (TPSA) is 79.2 Å². The normalized spacial score (nSPS) is 29.1. The largest absolute Gasteiger partial charge is 0.459 e. The number of carbonyl (C=O) groups is 1. The van der Waals surface area contributed by atoms with Gasteiger partial charge in [-0.2, -0.15) is 0 Å². The van der Waals surface area contributed by atoms with E-state index in [1.807, 2.05) is 6.08 Å². The molecule has 2 N–H and O–H groups in total. The summed E-state index contributed by atoms with van der Waals surface area (Å²) < 4.78 is 10.5. The minimum Gasteiger partial charge on any atom is -0.459 e. The second kappa shape index (κ2) is 6.66. The standard InChI is InChI=1S/C16H27NO5/c1-10(2)16(20,11(3)21-4)15(19)22-9-12-5-7-17-8-6-13(18)14(12)17/h5,10-11,13-14,18,20H,6-9H2,1-4H3/t11?,13-,14+,16?/m1/s1. The molecule has 0 spiro atoms. The summed E-state index contributed by atoms with van der Waals surface area (Å²) >= 11 is 0. The van der Waals surface area contributed by atoms with Gasteiger partial charge in [0, 0.05) is 20.2 Å². The number of aliphatic hydroxyl groups excluding tert-OH is 1. The quantitative estimate of drug-likeness (QED) is 0.543. The van der Waals surface area contributed by atoms with Crippen molar-refractivity contribution in [1.82, 2.24) is 4.90 Å². The number of fused-ring (bicyclic) bond motifs is 1. The van der Waals surface area contributed by atoms with Crippen LogP contribution in [0.4, 0.5) is 0 Å². The molecule has 1 saturated heterocycles.